The molecule has 0 amide bonds. The summed E-state index contributed by atoms with van der Waals surface area (Å²) in [5.41, 5.74) is -1.81. The van der Waals surface area contributed by atoms with Crippen LogP contribution in [-0.4, -0.2) is 83.8 Å². The molecule has 6 N–H and O–H groups in total. The zero-order chi connectivity index (χ0) is 33.0. The first-order valence-electron chi connectivity index (χ1n) is 17.1. The maximum Gasteiger partial charge on any atom is 0.343 e. The third-order valence-electron chi connectivity index (χ3n) is 10.7. The van der Waals surface area contributed by atoms with Crippen LogP contribution in [-0.2, 0) is 30.3 Å². The minimum absolute atomic E-state index is 0. The van der Waals surface area contributed by atoms with Crippen molar-refractivity contribution in [3.63, 3.8) is 0 Å². The monoisotopic (exact) mass is 796 g/mol. The van der Waals surface area contributed by atoms with Gasteiger partial charge in [0.1, 0.15) is 13.1 Å². The first-order valence-corrected chi connectivity index (χ1v) is 17.1. The Morgan fingerprint density at radius 2 is 0.938 bits per heavy atom. The molecule has 2 aromatic rings. The van der Waals surface area contributed by atoms with Crippen molar-refractivity contribution in [3.8, 4) is 0 Å². The fraction of sp³-hybridized carbons (Fsp3) is 0.611. The topological polar surface area (TPSA) is 145 Å². The molecule has 2 aliphatic carbocycles. The highest BCUT2D eigenvalue weighted by atomic mass is 79.9. The predicted molar refractivity (Wildman–Crippen MR) is 174 cm³/mol. The second kappa shape index (κ2) is 16.9. The van der Waals surface area contributed by atoms with Gasteiger partial charge in [-0.3, -0.25) is 0 Å². The van der Waals surface area contributed by atoms with Crippen LogP contribution in [0.4, 0.5) is 0 Å². The maximum atomic E-state index is 12.9. The van der Waals surface area contributed by atoms with Gasteiger partial charge in [-0.15, -0.1) is 0 Å². The number of hydrogen-bond acceptors (Lipinski definition) is 8. The minimum Gasteiger partial charge on any atom is -1.00 e. The van der Waals surface area contributed by atoms with Gasteiger partial charge in [-0.2, -0.15) is 11.7 Å². The summed E-state index contributed by atoms with van der Waals surface area (Å²) in [6.07, 6.45) is 8.69. The normalized spacial score (nSPS) is 29.7. The summed E-state index contributed by atoms with van der Waals surface area (Å²) in [5, 5.41) is 22.7. The van der Waals surface area contributed by atoms with Gasteiger partial charge >= 0.3 is 11.9 Å². The van der Waals surface area contributed by atoms with Crippen molar-refractivity contribution in [2.75, 3.05) is 40.3 Å². The number of hydrogen-bond donors (Lipinski definition) is 4. The van der Waals surface area contributed by atoms with E-state index >= 15 is 0 Å². The molecule has 0 radical (unpaired) electrons. The van der Waals surface area contributed by atoms with Crippen molar-refractivity contribution in [2.45, 2.75) is 87.6 Å². The molecule has 12 heteroatoms. The largest absolute Gasteiger partial charge is 1.00 e. The summed E-state index contributed by atoms with van der Waals surface area (Å²) in [6, 6.07) is 18.5. The van der Waals surface area contributed by atoms with Gasteiger partial charge in [-0.25, -0.2) is 18.8 Å². The van der Waals surface area contributed by atoms with Crippen molar-refractivity contribution < 1.29 is 72.4 Å². The molecule has 4 aliphatic rings. The molecule has 4 fully saturated rings. The van der Waals surface area contributed by atoms with E-state index < -0.39 is 23.1 Å². The van der Waals surface area contributed by atoms with Gasteiger partial charge in [0.25, 0.3) is 0 Å². The standard InChI is InChI=1S/2C18H27N2O3.2BrH/c2*1-20(19)12-11-16(13-20)23-17(21)18(22,15-9-5-6-10-15)14-7-3-2-4-8-14;;/h2*2-4,7-8,15-16,22H,5-6,9-13,19H2,1H3;2*1H/q2*+1;;/p-2/t2*16-,18-,20?;;/m10../s1. The van der Waals surface area contributed by atoms with Gasteiger partial charge in [0, 0.05) is 24.7 Å². The molecule has 2 heterocycles. The second-order valence-corrected chi connectivity index (χ2v) is 14.6. The third kappa shape index (κ3) is 9.25. The first kappa shape index (κ1) is 40.5. The van der Waals surface area contributed by atoms with E-state index in [2.05, 4.69) is 0 Å². The first-order chi connectivity index (χ1) is 21.8. The number of esters is 2. The van der Waals surface area contributed by atoms with Crippen LogP contribution >= 0.6 is 0 Å². The van der Waals surface area contributed by atoms with E-state index in [4.69, 9.17) is 21.2 Å². The molecule has 2 aliphatic heterocycles. The zero-order valence-corrected chi connectivity index (χ0v) is 31.5. The van der Waals surface area contributed by atoms with Crippen LogP contribution < -0.4 is 45.6 Å². The van der Waals surface area contributed by atoms with E-state index in [-0.39, 0.29) is 58.0 Å². The number of nitrogens with zero attached hydrogens (tertiary/aromatic N) is 2. The van der Waals surface area contributed by atoms with E-state index in [1.54, 1.807) is 0 Å². The Balaban J connectivity index is 0.000000250. The van der Waals surface area contributed by atoms with Crippen molar-refractivity contribution in [3.05, 3.63) is 71.8 Å². The van der Waals surface area contributed by atoms with Crippen LogP contribution in [0.25, 0.3) is 0 Å². The smallest absolute Gasteiger partial charge is 0.343 e. The van der Waals surface area contributed by atoms with Crippen molar-refractivity contribution in [1.29, 1.82) is 0 Å². The number of ether oxygens (including phenoxy) is 2. The fourth-order valence-corrected chi connectivity index (χ4v) is 7.96. The Morgan fingerprint density at radius 3 is 1.21 bits per heavy atom. The average molecular weight is 799 g/mol. The molecular weight excluding hydrogens is 744 g/mol. The number of likely N-dealkylation sites (N-methyl/N-ethyl adjacent to an activating group) is 2. The molecule has 268 valence electrons. The SMILES string of the molecule is C[N+]1(N)CC[C@@H](OC(=O)[C@@](O)(c2ccccc2)C2CCCC2)C1.C[N+]1(N)CC[C@H](OC(=O)[C@](O)(c2ccccc2)C2CCCC2)C1.[Br-].[Br-]. The fourth-order valence-electron chi connectivity index (χ4n) is 7.96. The molecule has 0 bridgehead atoms. The maximum absolute atomic E-state index is 12.9. The lowest BCUT2D eigenvalue weighted by atomic mass is 9.80. The molecule has 6 atom stereocenters. The average Bonchev–Trinajstić information content (AvgIpc) is 3.87. The number of rotatable bonds is 8. The summed E-state index contributed by atoms with van der Waals surface area (Å²) in [7, 11) is 3.85. The lowest BCUT2D eigenvalue weighted by molar-refractivity contribution is -0.910. The molecule has 6 rings (SSSR count). The summed E-state index contributed by atoms with van der Waals surface area (Å²) in [4.78, 5) is 25.8. The summed E-state index contributed by atoms with van der Waals surface area (Å²) < 4.78 is 12.1. The molecule has 0 spiro atoms. The van der Waals surface area contributed by atoms with Gasteiger partial charge in [-0.05, 0) is 36.8 Å². The quantitative estimate of drug-likeness (QED) is 0.130. The van der Waals surface area contributed by atoms with E-state index in [1.807, 2.05) is 74.8 Å². The number of halogens is 2. The number of carbonyl (C=O) groups excluding carboxylic acids is 2. The second-order valence-electron chi connectivity index (χ2n) is 14.6. The summed E-state index contributed by atoms with van der Waals surface area (Å²) >= 11 is 0. The molecular formula is C36H54Br2N4O6. The molecule has 2 aromatic carbocycles. The van der Waals surface area contributed by atoms with E-state index in [9.17, 15) is 19.8 Å². The van der Waals surface area contributed by atoms with Crippen molar-refractivity contribution in [2.24, 2.45) is 23.5 Å². The van der Waals surface area contributed by atoms with Crippen LogP contribution in [0.3, 0.4) is 0 Å². The Kier molecular flexibility index (Phi) is 14.2. The van der Waals surface area contributed by atoms with Crippen molar-refractivity contribution in [1.82, 2.24) is 0 Å². The number of aliphatic hydroxyl groups is 2. The number of benzene rings is 2. The summed E-state index contributed by atoms with van der Waals surface area (Å²) in [6.45, 7) is 2.76. The number of likely N-dealkylation sites (tertiary alicyclic amines) is 2. The highest BCUT2D eigenvalue weighted by Gasteiger charge is 2.51. The van der Waals surface area contributed by atoms with E-state index in [1.165, 1.54) is 0 Å². The zero-order valence-electron chi connectivity index (χ0n) is 28.3. The van der Waals surface area contributed by atoms with Gasteiger partial charge in [0.05, 0.1) is 27.2 Å². The van der Waals surface area contributed by atoms with Gasteiger partial charge < -0.3 is 53.6 Å². The van der Waals surface area contributed by atoms with Crippen molar-refractivity contribution >= 4 is 11.9 Å². The number of carbonyl (C=O) groups is 2. The molecule has 10 nitrogen and oxygen atoms in total. The van der Waals surface area contributed by atoms with Gasteiger partial charge in [-0.1, -0.05) is 86.3 Å². The number of nitrogens with two attached hydrogens (primary N) is 2. The van der Waals surface area contributed by atoms with Gasteiger partial charge in [0.15, 0.2) is 23.4 Å². The lowest BCUT2D eigenvalue weighted by Gasteiger charge is -2.33. The Labute approximate surface area is 306 Å². The van der Waals surface area contributed by atoms with E-state index in [0.717, 1.165) is 77.3 Å². The molecule has 2 unspecified atom stereocenters. The van der Waals surface area contributed by atoms with E-state index in [0.29, 0.717) is 33.4 Å². The highest BCUT2D eigenvalue weighted by Crippen LogP contribution is 2.43. The van der Waals surface area contributed by atoms with Gasteiger partial charge in [0.2, 0.25) is 0 Å². The summed E-state index contributed by atoms with van der Waals surface area (Å²) in [5.74, 6) is 11.0. The molecule has 2 saturated heterocycles. The molecule has 48 heavy (non-hydrogen) atoms. The Hall–Kier alpha value is -1.90. The third-order valence-corrected chi connectivity index (χ3v) is 10.7. The molecule has 2 saturated carbocycles. The van der Waals surface area contributed by atoms with Crippen LogP contribution in [0.15, 0.2) is 60.7 Å². The van der Waals surface area contributed by atoms with Crippen LogP contribution in [0.5, 0.6) is 0 Å². The van der Waals surface area contributed by atoms with Crippen LogP contribution in [0.1, 0.15) is 75.3 Å². The highest BCUT2D eigenvalue weighted by molar-refractivity contribution is 5.82. The minimum atomic E-state index is -1.54. The number of quaternary nitrogens is 2. The lowest BCUT2D eigenvalue weighted by Crippen LogP contribution is -3.00. The molecule has 0 aromatic heterocycles. The Morgan fingerprint density at radius 1 is 0.625 bits per heavy atom. The van der Waals surface area contributed by atoms with Crippen LogP contribution in [0.2, 0.25) is 0 Å². The van der Waals surface area contributed by atoms with Crippen LogP contribution in [0, 0.1) is 11.8 Å². The predicted octanol–water partition coefficient (Wildman–Crippen LogP) is -2.59. The Bertz CT molecular complexity index is 1220.